The number of benzene rings is 1. The third-order valence-electron chi connectivity index (χ3n) is 4.69. The average Bonchev–Trinajstić information content (AvgIpc) is 2.84. The predicted molar refractivity (Wildman–Crippen MR) is 90.8 cm³/mol. The number of nitrogens with zero attached hydrogens (tertiary/aromatic N) is 1. The van der Waals surface area contributed by atoms with Crippen LogP contribution in [0.15, 0.2) is 18.2 Å². The van der Waals surface area contributed by atoms with E-state index in [9.17, 15) is 14.4 Å². The lowest BCUT2D eigenvalue weighted by molar-refractivity contribution is -0.140. The van der Waals surface area contributed by atoms with Gasteiger partial charge in [0.2, 0.25) is 11.8 Å². The molecule has 2 aliphatic rings. The van der Waals surface area contributed by atoms with Crippen LogP contribution < -0.4 is 11.1 Å². The number of nitrogens with two attached hydrogens (primary N) is 1. The maximum atomic E-state index is 12.7. The van der Waals surface area contributed by atoms with Crippen LogP contribution in [0.25, 0.3) is 0 Å². The molecule has 6 nitrogen and oxygen atoms in total. The molecule has 3 rings (SSSR count). The smallest absolute Gasteiger partial charge is 0.254 e. The van der Waals surface area contributed by atoms with Gasteiger partial charge < -0.3 is 10.6 Å². The second-order valence-electron chi connectivity index (χ2n) is 6.05. The molecule has 1 fully saturated rings. The van der Waals surface area contributed by atoms with Crippen LogP contribution in [0.5, 0.6) is 0 Å². The van der Waals surface area contributed by atoms with E-state index in [1.54, 1.807) is 12.1 Å². The molecule has 2 heterocycles. The Kier molecular flexibility index (Phi) is 3.32. The lowest BCUT2D eigenvalue weighted by Crippen LogP contribution is -2.75. The minimum absolute atomic E-state index is 0.134. The highest BCUT2D eigenvalue weighted by molar-refractivity contribution is 6.66. The van der Waals surface area contributed by atoms with Crippen molar-refractivity contribution in [3.8, 4) is 0 Å². The van der Waals surface area contributed by atoms with Gasteiger partial charge in [-0.25, -0.2) is 0 Å². The first-order valence-electron chi connectivity index (χ1n) is 6.96. The zero-order chi connectivity index (χ0) is 18.1. The second-order valence-corrected chi connectivity index (χ2v) is 6.05. The molecule has 0 bridgehead atoms. The Hall–Kier alpha value is -2.05. The van der Waals surface area contributed by atoms with E-state index in [0.717, 1.165) is 4.90 Å². The standard InChI is InChI=1S/C13H8B5N3O3/c14-11(15)9(23)20-10(24)12(16,13(11,17)18)21-4-6-5(8(21)22)2-1-3-7(6)19/h1-3H,4,19H2,(H,20,23,24)/t12-/m1/s1. The lowest BCUT2D eigenvalue weighted by Gasteiger charge is -2.60. The van der Waals surface area contributed by atoms with Crippen LogP contribution in [0.4, 0.5) is 5.69 Å². The number of hydrogen-bond acceptors (Lipinski definition) is 4. The van der Waals surface area contributed by atoms with Crippen molar-refractivity contribution in [3.63, 3.8) is 0 Å². The Morgan fingerprint density at radius 1 is 1.04 bits per heavy atom. The molecule has 3 N–H and O–H groups in total. The fourth-order valence-electron chi connectivity index (χ4n) is 2.98. The molecule has 0 aliphatic carbocycles. The predicted octanol–water partition coefficient (Wildman–Crippen LogP) is -2.35. The number of amides is 3. The van der Waals surface area contributed by atoms with Crippen LogP contribution in [0, 0.1) is 0 Å². The van der Waals surface area contributed by atoms with E-state index in [0.29, 0.717) is 11.3 Å². The fraction of sp³-hybridized carbons (Fsp3) is 0.308. The van der Waals surface area contributed by atoms with Gasteiger partial charge in [-0.15, -0.1) is 0 Å². The quantitative estimate of drug-likeness (QED) is 0.345. The normalized spacial score (nSPS) is 27.7. The van der Waals surface area contributed by atoms with Gasteiger partial charge in [0.05, 0.1) is 36.8 Å². The molecule has 1 aromatic rings. The van der Waals surface area contributed by atoms with Crippen LogP contribution in [-0.2, 0) is 16.1 Å². The second kappa shape index (κ2) is 4.74. The summed E-state index contributed by atoms with van der Waals surface area (Å²) in [5.41, 5.74) is 4.55. The van der Waals surface area contributed by atoms with Gasteiger partial charge in [0, 0.05) is 23.4 Å². The van der Waals surface area contributed by atoms with Gasteiger partial charge >= 0.3 is 0 Å². The van der Waals surface area contributed by atoms with Gasteiger partial charge in [0.25, 0.3) is 5.91 Å². The first kappa shape index (κ1) is 16.8. The number of carbonyl (C=O) groups excluding carboxylic acids is 3. The Balaban J connectivity index is 2.15. The summed E-state index contributed by atoms with van der Waals surface area (Å²) in [6.07, 6.45) is 0. The number of carbonyl (C=O) groups is 3. The average molecular weight is 308 g/mol. The van der Waals surface area contributed by atoms with E-state index in [2.05, 4.69) is 0 Å². The number of piperidine rings is 1. The lowest BCUT2D eigenvalue weighted by atomic mass is 9.21. The molecule has 0 spiro atoms. The molecule has 1 atom stereocenters. The highest BCUT2D eigenvalue weighted by Gasteiger charge is 2.63. The van der Waals surface area contributed by atoms with Gasteiger partial charge in [0.1, 0.15) is 7.85 Å². The molecular weight excluding hydrogens is 300 g/mol. The van der Waals surface area contributed by atoms with Gasteiger partial charge in [0.15, 0.2) is 0 Å². The van der Waals surface area contributed by atoms with Crippen molar-refractivity contribution >= 4 is 62.6 Å². The van der Waals surface area contributed by atoms with Crippen LogP contribution in [0.3, 0.4) is 0 Å². The maximum Gasteiger partial charge on any atom is 0.254 e. The summed E-state index contributed by atoms with van der Waals surface area (Å²) in [5.74, 6) is -2.80. The summed E-state index contributed by atoms with van der Waals surface area (Å²) in [4.78, 5) is 38.0. The molecule has 1 aromatic carbocycles. The Bertz CT molecular complexity index is 797. The molecular formula is C13H8B5N3O3. The van der Waals surface area contributed by atoms with E-state index >= 15 is 0 Å². The first-order valence-corrected chi connectivity index (χ1v) is 6.96. The molecule has 1 saturated heterocycles. The molecule has 0 unspecified atom stereocenters. The summed E-state index contributed by atoms with van der Waals surface area (Å²) >= 11 is 0. The number of imide groups is 1. The van der Waals surface area contributed by atoms with E-state index in [1.807, 2.05) is 5.32 Å². The molecule has 24 heavy (non-hydrogen) atoms. The Morgan fingerprint density at radius 3 is 2.25 bits per heavy atom. The van der Waals surface area contributed by atoms with Crippen LogP contribution in [0.1, 0.15) is 15.9 Å². The number of nitrogens with one attached hydrogen (secondary N) is 1. The van der Waals surface area contributed by atoms with Crippen LogP contribution >= 0.6 is 0 Å². The van der Waals surface area contributed by atoms with Gasteiger partial charge in [-0.05, 0) is 17.3 Å². The number of rotatable bonds is 1. The highest BCUT2D eigenvalue weighted by atomic mass is 16.2. The van der Waals surface area contributed by atoms with Crippen molar-refractivity contribution in [3.05, 3.63) is 29.3 Å². The van der Waals surface area contributed by atoms with Crippen LogP contribution in [-0.4, -0.2) is 67.3 Å². The molecule has 10 radical (unpaired) electrons. The van der Waals surface area contributed by atoms with Gasteiger partial charge in [-0.1, -0.05) is 11.3 Å². The monoisotopic (exact) mass is 309 g/mol. The molecule has 108 valence electrons. The highest BCUT2D eigenvalue weighted by Crippen LogP contribution is 2.55. The summed E-state index contributed by atoms with van der Waals surface area (Å²) in [6, 6.07) is 4.70. The number of hydrogen-bond donors (Lipinski definition) is 2. The zero-order valence-electron chi connectivity index (χ0n) is 12.6. The van der Waals surface area contributed by atoms with E-state index in [1.165, 1.54) is 6.07 Å². The summed E-state index contributed by atoms with van der Waals surface area (Å²) in [5, 5.41) is -2.91. The summed E-state index contributed by atoms with van der Waals surface area (Å²) in [6.45, 7) is -0.134. The third kappa shape index (κ3) is 1.75. The van der Waals surface area contributed by atoms with Crippen molar-refractivity contribution in [2.45, 2.75) is 22.4 Å². The molecule has 2 aliphatic heterocycles. The fourth-order valence-corrected chi connectivity index (χ4v) is 2.98. The molecule has 0 saturated carbocycles. The minimum Gasteiger partial charge on any atom is -0.398 e. The third-order valence-corrected chi connectivity index (χ3v) is 4.69. The Morgan fingerprint density at radius 2 is 1.67 bits per heavy atom. The maximum absolute atomic E-state index is 12.7. The van der Waals surface area contributed by atoms with Crippen molar-refractivity contribution < 1.29 is 14.4 Å². The summed E-state index contributed by atoms with van der Waals surface area (Å²) in [7, 11) is 29.4. The van der Waals surface area contributed by atoms with Crippen molar-refractivity contribution in [1.82, 2.24) is 10.2 Å². The van der Waals surface area contributed by atoms with Crippen molar-refractivity contribution in [1.29, 1.82) is 0 Å². The van der Waals surface area contributed by atoms with Crippen molar-refractivity contribution in [2.75, 3.05) is 5.73 Å². The topological polar surface area (TPSA) is 92.5 Å². The zero-order valence-corrected chi connectivity index (χ0v) is 12.6. The van der Waals surface area contributed by atoms with Gasteiger partial charge in [-0.3, -0.25) is 19.7 Å². The van der Waals surface area contributed by atoms with E-state index in [-0.39, 0.29) is 12.1 Å². The molecule has 3 amide bonds. The molecule has 11 heteroatoms. The van der Waals surface area contributed by atoms with E-state index in [4.69, 9.17) is 45.0 Å². The first-order chi connectivity index (χ1) is 11.0. The molecule has 0 aromatic heterocycles. The number of nitrogen functional groups attached to an aromatic ring is 1. The van der Waals surface area contributed by atoms with E-state index < -0.39 is 33.6 Å². The Labute approximate surface area is 145 Å². The SMILES string of the molecule is [B]C1([B])C(=O)NC(=O)[C@@]([B])(N2Cc3c(N)cccc3C2=O)C1([B])[B]. The van der Waals surface area contributed by atoms with Gasteiger partial charge in [-0.2, -0.15) is 0 Å². The largest absolute Gasteiger partial charge is 0.398 e. The summed E-state index contributed by atoms with van der Waals surface area (Å²) < 4.78 is 0. The van der Waals surface area contributed by atoms with Crippen molar-refractivity contribution in [2.24, 2.45) is 0 Å². The minimum atomic E-state index is -2.44. The number of fused-ring (bicyclic) bond motifs is 1. The number of anilines is 1. The van der Waals surface area contributed by atoms with Crippen LogP contribution in [0.2, 0.25) is 10.4 Å².